The standard InChI is InChI=1S/C16H15N3O4/c20-15-7-2-1-6-14(15)18-13(8-9-17-16(18)21)11-4-3-5-12(10-11)19(22)23/h1-7,10,13,20H,8-9H2,(H,17,21). The molecule has 1 atom stereocenters. The van der Waals surface area contributed by atoms with Gasteiger partial charge in [-0.2, -0.15) is 0 Å². The average Bonchev–Trinajstić information content (AvgIpc) is 2.55. The van der Waals surface area contributed by atoms with Gasteiger partial charge in [0.2, 0.25) is 0 Å². The number of carbonyl (C=O) groups is 1. The lowest BCUT2D eigenvalue weighted by atomic mass is 9.99. The van der Waals surface area contributed by atoms with E-state index in [1.807, 2.05) is 0 Å². The molecule has 1 fully saturated rings. The van der Waals surface area contributed by atoms with E-state index in [4.69, 9.17) is 0 Å². The van der Waals surface area contributed by atoms with Gasteiger partial charge in [0, 0.05) is 18.7 Å². The molecule has 0 saturated carbocycles. The van der Waals surface area contributed by atoms with Crippen molar-refractivity contribution in [3.05, 3.63) is 64.2 Å². The number of nitrogens with one attached hydrogen (secondary N) is 1. The first kappa shape index (κ1) is 14.8. The highest BCUT2D eigenvalue weighted by atomic mass is 16.6. The Balaban J connectivity index is 2.05. The number of nitro benzene ring substituents is 1. The molecule has 1 unspecified atom stereocenters. The molecule has 7 heteroatoms. The lowest BCUT2D eigenvalue weighted by Crippen LogP contribution is -2.48. The molecule has 1 aliphatic heterocycles. The summed E-state index contributed by atoms with van der Waals surface area (Å²) in [6.07, 6.45) is 0.585. The Kier molecular flexibility index (Phi) is 3.84. The van der Waals surface area contributed by atoms with Crippen molar-refractivity contribution in [1.29, 1.82) is 0 Å². The Hall–Kier alpha value is -3.09. The number of nitro groups is 1. The summed E-state index contributed by atoms with van der Waals surface area (Å²) in [6, 6.07) is 12.1. The highest BCUT2D eigenvalue weighted by Gasteiger charge is 2.32. The van der Waals surface area contributed by atoms with Gasteiger partial charge in [-0.05, 0) is 24.1 Å². The first-order valence-electron chi connectivity index (χ1n) is 7.17. The molecule has 0 spiro atoms. The zero-order valence-electron chi connectivity index (χ0n) is 12.2. The van der Waals surface area contributed by atoms with Gasteiger partial charge in [0.1, 0.15) is 5.75 Å². The molecule has 0 aromatic heterocycles. The monoisotopic (exact) mass is 313 g/mol. The van der Waals surface area contributed by atoms with Crippen LogP contribution in [0.5, 0.6) is 5.75 Å². The first-order valence-corrected chi connectivity index (χ1v) is 7.17. The van der Waals surface area contributed by atoms with Gasteiger partial charge in [0.25, 0.3) is 5.69 Å². The second kappa shape index (κ2) is 5.96. The van der Waals surface area contributed by atoms with Crippen LogP contribution in [0.25, 0.3) is 0 Å². The fraction of sp³-hybridized carbons (Fsp3) is 0.188. The normalized spacial score (nSPS) is 17.7. The van der Waals surface area contributed by atoms with Crippen LogP contribution in [-0.4, -0.2) is 22.6 Å². The smallest absolute Gasteiger partial charge is 0.322 e. The Morgan fingerprint density at radius 3 is 2.74 bits per heavy atom. The number of urea groups is 1. The molecule has 2 aromatic rings. The number of anilines is 1. The van der Waals surface area contributed by atoms with E-state index in [1.165, 1.54) is 23.1 Å². The van der Waals surface area contributed by atoms with Crippen LogP contribution in [0.4, 0.5) is 16.2 Å². The van der Waals surface area contributed by atoms with Crippen molar-refractivity contribution in [2.75, 3.05) is 11.4 Å². The van der Waals surface area contributed by atoms with E-state index < -0.39 is 4.92 Å². The van der Waals surface area contributed by atoms with E-state index in [1.54, 1.807) is 30.3 Å². The first-order chi connectivity index (χ1) is 11.1. The minimum atomic E-state index is -0.462. The molecule has 1 saturated heterocycles. The predicted molar refractivity (Wildman–Crippen MR) is 84.4 cm³/mol. The van der Waals surface area contributed by atoms with Crippen molar-refractivity contribution < 1.29 is 14.8 Å². The largest absolute Gasteiger partial charge is 0.506 e. The van der Waals surface area contributed by atoms with Crippen molar-refractivity contribution in [3.63, 3.8) is 0 Å². The number of phenolic OH excluding ortho intramolecular Hbond substituents is 1. The Morgan fingerprint density at radius 2 is 2.00 bits per heavy atom. The van der Waals surface area contributed by atoms with Crippen LogP contribution in [0.1, 0.15) is 18.0 Å². The number of hydrogen-bond acceptors (Lipinski definition) is 4. The number of nitrogens with zero attached hydrogens (tertiary/aromatic N) is 2. The molecule has 7 nitrogen and oxygen atoms in total. The van der Waals surface area contributed by atoms with Crippen molar-refractivity contribution in [2.45, 2.75) is 12.5 Å². The summed E-state index contributed by atoms with van der Waals surface area (Å²) < 4.78 is 0. The number of hydrogen-bond donors (Lipinski definition) is 2. The summed E-state index contributed by atoms with van der Waals surface area (Å²) in [5.74, 6) is -0.0139. The lowest BCUT2D eigenvalue weighted by molar-refractivity contribution is -0.384. The number of carbonyl (C=O) groups excluding carboxylic acids is 1. The fourth-order valence-corrected chi connectivity index (χ4v) is 2.78. The minimum Gasteiger partial charge on any atom is -0.506 e. The molecule has 2 aromatic carbocycles. The van der Waals surface area contributed by atoms with Crippen LogP contribution >= 0.6 is 0 Å². The number of aromatic hydroxyl groups is 1. The summed E-state index contributed by atoms with van der Waals surface area (Å²) >= 11 is 0. The van der Waals surface area contributed by atoms with Crippen LogP contribution in [0.2, 0.25) is 0 Å². The highest BCUT2D eigenvalue weighted by molar-refractivity contribution is 5.95. The number of para-hydroxylation sites is 2. The topological polar surface area (TPSA) is 95.7 Å². The minimum absolute atomic E-state index is 0.0139. The zero-order valence-corrected chi connectivity index (χ0v) is 12.2. The highest BCUT2D eigenvalue weighted by Crippen LogP contribution is 2.37. The molecule has 0 bridgehead atoms. The molecule has 2 amide bonds. The van der Waals surface area contributed by atoms with Crippen molar-refractivity contribution in [1.82, 2.24) is 5.32 Å². The summed E-state index contributed by atoms with van der Waals surface area (Å²) in [5, 5.41) is 23.8. The predicted octanol–water partition coefficient (Wildman–Crippen LogP) is 2.96. The van der Waals surface area contributed by atoms with Gasteiger partial charge in [0.05, 0.1) is 16.7 Å². The van der Waals surface area contributed by atoms with Gasteiger partial charge in [-0.25, -0.2) is 4.79 Å². The Bertz CT molecular complexity index is 762. The van der Waals surface area contributed by atoms with Crippen LogP contribution in [-0.2, 0) is 0 Å². The van der Waals surface area contributed by atoms with Gasteiger partial charge in [0.15, 0.2) is 0 Å². The summed E-state index contributed by atoms with van der Waals surface area (Å²) in [7, 11) is 0. The maximum Gasteiger partial charge on any atom is 0.322 e. The molecule has 1 aliphatic rings. The third-order valence-corrected chi connectivity index (χ3v) is 3.83. The van der Waals surface area contributed by atoms with Crippen LogP contribution < -0.4 is 10.2 Å². The summed E-state index contributed by atoms with van der Waals surface area (Å²) in [4.78, 5) is 24.3. The molecule has 118 valence electrons. The zero-order chi connectivity index (χ0) is 16.4. The number of benzene rings is 2. The van der Waals surface area contributed by atoms with Crippen LogP contribution in [0.15, 0.2) is 48.5 Å². The third-order valence-electron chi connectivity index (χ3n) is 3.83. The van der Waals surface area contributed by atoms with E-state index >= 15 is 0 Å². The maximum atomic E-state index is 12.3. The molecule has 2 N–H and O–H groups in total. The number of phenols is 1. The Morgan fingerprint density at radius 1 is 1.22 bits per heavy atom. The van der Waals surface area contributed by atoms with E-state index in [2.05, 4.69) is 5.32 Å². The number of amides is 2. The second-order valence-electron chi connectivity index (χ2n) is 5.25. The van der Waals surface area contributed by atoms with Crippen molar-refractivity contribution in [3.8, 4) is 5.75 Å². The molecule has 23 heavy (non-hydrogen) atoms. The molecular weight excluding hydrogens is 298 g/mol. The van der Waals surface area contributed by atoms with E-state index in [0.717, 1.165) is 0 Å². The molecular formula is C16H15N3O4. The molecule has 0 radical (unpaired) electrons. The van der Waals surface area contributed by atoms with Gasteiger partial charge in [-0.1, -0.05) is 24.3 Å². The molecule has 3 rings (SSSR count). The fourth-order valence-electron chi connectivity index (χ4n) is 2.78. The van der Waals surface area contributed by atoms with Crippen LogP contribution in [0.3, 0.4) is 0 Å². The summed E-state index contributed by atoms with van der Waals surface area (Å²) in [5.41, 5.74) is 1.02. The SMILES string of the molecule is O=C1NCCC(c2cccc([N+](=O)[O-])c2)N1c1ccccc1O. The van der Waals surface area contributed by atoms with Crippen molar-refractivity contribution in [2.24, 2.45) is 0 Å². The third kappa shape index (κ3) is 2.80. The van der Waals surface area contributed by atoms with E-state index in [9.17, 15) is 20.0 Å². The van der Waals surface area contributed by atoms with E-state index in [-0.39, 0.29) is 23.5 Å². The van der Waals surface area contributed by atoms with Gasteiger partial charge in [-0.15, -0.1) is 0 Å². The van der Waals surface area contributed by atoms with E-state index in [0.29, 0.717) is 24.2 Å². The van der Waals surface area contributed by atoms with Gasteiger partial charge in [-0.3, -0.25) is 15.0 Å². The number of rotatable bonds is 3. The maximum absolute atomic E-state index is 12.3. The Labute approximate surface area is 132 Å². The molecule has 1 heterocycles. The van der Waals surface area contributed by atoms with Crippen molar-refractivity contribution >= 4 is 17.4 Å². The number of non-ortho nitro benzene ring substituents is 1. The quantitative estimate of drug-likeness (QED) is 0.672. The summed E-state index contributed by atoms with van der Waals surface area (Å²) in [6.45, 7) is 0.469. The van der Waals surface area contributed by atoms with Gasteiger partial charge < -0.3 is 10.4 Å². The second-order valence-corrected chi connectivity index (χ2v) is 5.25. The lowest BCUT2D eigenvalue weighted by Gasteiger charge is -2.36. The van der Waals surface area contributed by atoms with Gasteiger partial charge >= 0.3 is 6.03 Å². The average molecular weight is 313 g/mol. The van der Waals surface area contributed by atoms with Crippen LogP contribution in [0, 0.1) is 10.1 Å². The molecule has 0 aliphatic carbocycles.